The molecule has 13 nitrogen and oxygen atoms in total. The van der Waals surface area contributed by atoms with Gasteiger partial charge in [-0.1, -0.05) is 24.3 Å². The molecule has 0 spiro atoms. The number of nitrogens with zero attached hydrogens (tertiary/aromatic N) is 1. The van der Waals surface area contributed by atoms with Crippen molar-refractivity contribution in [1.29, 1.82) is 0 Å². The van der Waals surface area contributed by atoms with Gasteiger partial charge in [-0.25, -0.2) is 0 Å². The molecule has 1 saturated heterocycles. The zero-order valence-electron chi connectivity index (χ0n) is 27.5. The predicted molar refractivity (Wildman–Crippen MR) is 179 cm³/mol. The highest BCUT2D eigenvalue weighted by molar-refractivity contribution is 6.25. The van der Waals surface area contributed by atoms with Gasteiger partial charge in [0.15, 0.2) is 18.1 Å². The Bertz CT molecular complexity index is 1730. The van der Waals surface area contributed by atoms with E-state index in [0.717, 1.165) is 10.5 Å². The highest BCUT2D eigenvalue weighted by atomic mass is 16.5. The first-order valence-electron chi connectivity index (χ1n) is 16.2. The number of aryl methyl sites for hydroxylation is 1. The molecule has 2 aliphatic rings. The van der Waals surface area contributed by atoms with E-state index in [1.807, 2.05) is 24.3 Å². The lowest BCUT2D eigenvalue weighted by Crippen LogP contribution is -2.54. The summed E-state index contributed by atoms with van der Waals surface area (Å²) in [5.41, 5.74) is 2.59. The van der Waals surface area contributed by atoms with Crippen LogP contribution in [0.15, 0.2) is 60.7 Å². The Hall–Kier alpha value is -5.43. The lowest BCUT2D eigenvalue weighted by Gasteiger charge is -2.27. The van der Waals surface area contributed by atoms with Crippen LogP contribution in [0.3, 0.4) is 0 Å². The maximum Gasteiger partial charge on any atom is 0.264 e. The summed E-state index contributed by atoms with van der Waals surface area (Å²) in [4.78, 5) is 63.4. The normalized spacial score (nSPS) is 16.1. The highest BCUT2D eigenvalue weighted by Crippen LogP contribution is 2.33. The number of unbranched alkanes of at least 4 members (excludes halogenated alkanes) is 1. The second kappa shape index (κ2) is 16.1. The third-order valence-corrected chi connectivity index (χ3v) is 8.48. The molecule has 0 saturated carbocycles. The zero-order valence-corrected chi connectivity index (χ0v) is 27.5. The maximum absolute atomic E-state index is 13.2. The molecular weight excluding hydrogens is 632 g/mol. The number of carbonyl (C=O) groups excluding carboxylic acids is 5. The summed E-state index contributed by atoms with van der Waals surface area (Å²) in [6, 6.07) is 16.6. The Kier molecular flexibility index (Phi) is 11.5. The first kappa shape index (κ1) is 34.9. The summed E-state index contributed by atoms with van der Waals surface area (Å²) in [6.45, 7) is 0.704. The fourth-order valence-corrected chi connectivity index (χ4v) is 5.88. The molecule has 2 heterocycles. The van der Waals surface area contributed by atoms with Gasteiger partial charge < -0.3 is 30.0 Å². The Morgan fingerprint density at radius 2 is 1.73 bits per heavy atom. The van der Waals surface area contributed by atoms with E-state index in [1.165, 1.54) is 0 Å². The second-order valence-electron chi connectivity index (χ2n) is 11.8. The highest BCUT2D eigenvalue weighted by Gasteiger charge is 2.45. The molecule has 1 fully saturated rings. The van der Waals surface area contributed by atoms with E-state index in [9.17, 15) is 29.1 Å². The van der Waals surface area contributed by atoms with Gasteiger partial charge in [-0.3, -0.25) is 34.2 Å². The molecule has 2 unspecified atom stereocenters. The monoisotopic (exact) mass is 672 g/mol. The lowest BCUT2D eigenvalue weighted by molar-refractivity contribution is -0.136. The number of rotatable bonds is 16. The molecule has 5 rings (SSSR count). The summed E-state index contributed by atoms with van der Waals surface area (Å²) < 4.78 is 16.3. The summed E-state index contributed by atoms with van der Waals surface area (Å²) in [6.07, 6.45) is 1.83. The number of benzene rings is 3. The summed E-state index contributed by atoms with van der Waals surface area (Å²) in [5.74, 6) is -0.745. The van der Waals surface area contributed by atoms with Crippen LogP contribution < -0.4 is 30.2 Å². The average Bonchev–Trinajstić information content (AvgIpc) is 3.36. The number of fused-ring (bicyclic) bond motifs is 1. The van der Waals surface area contributed by atoms with E-state index >= 15 is 0 Å². The third-order valence-electron chi connectivity index (χ3n) is 8.48. The number of aliphatic hydroxyl groups excluding tert-OH is 1. The molecule has 2 aliphatic heterocycles. The van der Waals surface area contributed by atoms with Gasteiger partial charge in [0.25, 0.3) is 17.7 Å². The van der Waals surface area contributed by atoms with Crippen LogP contribution in [0.2, 0.25) is 0 Å². The minimum Gasteiger partial charge on any atom is -0.493 e. The molecule has 0 aromatic heterocycles. The van der Waals surface area contributed by atoms with Crippen molar-refractivity contribution in [3.8, 4) is 17.2 Å². The fraction of sp³-hybridized carbons (Fsp3) is 0.361. The van der Waals surface area contributed by atoms with Crippen LogP contribution in [0.5, 0.6) is 17.2 Å². The van der Waals surface area contributed by atoms with E-state index in [4.69, 9.17) is 14.2 Å². The number of imide groups is 2. The minimum atomic E-state index is -1.03. The quantitative estimate of drug-likeness (QED) is 0.131. The minimum absolute atomic E-state index is 0.0540. The number of ether oxygens (including phenoxy) is 3. The van der Waals surface area contributed by atoms with Gasteiger partial charge in [-0.2, -0.15) is 0 Å². The summed E-state index contributed by atoms with van der Waals surface area (Å²) in [7, 11) is 3.16. The largest absolute Gasteiger partial charge is 0.493 e. The molecule has 3 aromatic carbocycles. The van der Waals surface area contributed by atoms with E-state index in [-0.39, 0.29) is 36.5 Å². The van der Waals surface area contributed by atoms with Crippen LogP contribution in [0.1, 0.15) is 70.1 Å². The van der Waals surface area contributed by atoms with Gasteiger partial charge in [0, 0.05) is 25.2 Å². The molecule has 0 aliphatic carbocycles. The fourth-order valence-electron chi connectivity index (χ4n) is 5.88. The van der Waals surface area contributed by atoms with Crippen LogP contribution in [-0.4, -0.2) is 79.5 Å². The number of nitrogens with one attached hydrogen (secondary N) is 3. The number of methoxy groups -OCH3 is 2. The van der Waals surface area contributed by atoms with Crippen molar-refractivity contribution in [1.82, 2.24) is 15.5 Å². The molecule has 13 heteroatoms. The van der Waals surface area contributed by atoms with E-state index in [1.54, 1.807) is 50.6 Å². The van der Waals surface area contributed by atoms with Gasteiger partial charge in [-0.05, 0) is 79.6 Å². The number of carbonyl (C=O) groups is 5. The van der Waals surface area contributed by atoms with Crippen LogP contribution in [-0.2, 0) is 20.8 Å². The number of hydrogen-bond acceptors (Lipinski definition) is 10. The van der Waals surface area contributed by atoms with Crippen LogP contribution in [0.4, 0.5) is 5.69 Å². The number of hydrogen-bond donors (Lipinski definition) is 4. The van der Waals surface area contributed by atoms with Gasteiger partial charge in [0.2, 0.25) is 11.8 Å². The van der Waals surface area contributed by atoms with Crippen molar-refractivity contribution in [2.24, 2.45) is 0 Å². The first-order chi connectivity index (χ1) is 23.7. The predicted octanol–water partition coefficient (Wildman–Crippen LogP) is 3.16. The van der Waals surface area contributed by atoms with Crippen molar-refractivity contribution in [3.05, 3.63) is 82.9 Å². The van der Waals surface area contributed by atoms with Crippen molar-refractivity contribution >= 4 is 35.2 Å². The summed E-state index contributed by atoms with van der Waals surface area (Å²) in [5, 5.41) is 19.0. The van der Waals surface area contributed by atoms with Crippen molar-refractivity contribution in [2.75, 3.05) is 39.2 Å². The maximum atomic E-state index is 13.2. The Morgan fingerprint density at radius 3 is 2.51 bits per heavy atom. The topological polar surface area (TPSA) is 173 Å². The summed E-state index contributed by atoms with van der Waals surface area (Å²) >= 11 is 0. The SMILES string of the molecule is COc1ccc(CCC(O)c2cccc(OCC(=O)NCCCCNc3cccc4c3C(=O)N(C3CCC(=O)NC3=O)C4=O)c2)cc1OC. The number of amides is 5. The molecule has 0 bridgehead atoms. The zero-order chi connectivity index (χ0) is 34.9. The molecular formula is C36H40N4O9. The van der Waals surface area contributed by atoms with Crippen LogP contribution in [0.25, 0.3) is 0 Å². The van der Waals surface area contributed by atoms with Crippen molar-refractivity contribution in [2.45, 2.75) is 50.7 Å². The molecule has 49 heavy (non-hydrogen) atoms. The van der Waals surface area contributed by atoms with Gasteiger partial charge >= 0.3 is 0 Å². The average molecular weight is 673 g/mol. The molecule has 0 radical (unpaired) electrons. The van der Waals surface area contributed by atoms with E-state index in [2.05, 4.69) is 16.0 Å². The number of piperidine rings is 1. The smallest absolute Gasteiger partial charge is 0.264 e. The third kappa shape index (κ3) is 8.36. The number of aliphatic hydroxyl groups is 1. The van der Waals surface area contributed by atoms with Gasteiger partial charge in [0.1, 0.15) is 11.8 Å². The molecule has 2 atom stereocenters. The lowest BCUT2D eigenvalue weighted by atomic mass is 10.0. The van der Waals surface area contributed by atoms with Crippen LogP contribution >= 0.6 is 0 Å². The van der Waals surface area contributed by atoms with Crippen LogP contribution in [0, 0.1) is 0 Å². The standard InChI is InChI=1S/C36H40N4O9/c1-47-29-15-12-22(19-30(29)48-2)11-14-28(41)23-7-5-8-24(20-23)49-21-32(43)38-18-4-3-17-37-26-10-6-9-25-33(26)36(46)40(35(25)45)27-13-16-31(42)39-34(27)44/h5-10,12,15,19-20,27-28,37,41H,3-4,11,13-14,16-18,21H2,1-2H3,(H,38,43)(H,39,42,44). The second-order valence-corrected chi connectivity index (χ2v) is 11.8. The van der Waals surface area contributed by atoms with Crippen molar-refractivity contribution < 1.29 is 43.3 Å². The Morgan fingerprint density at radius 1 is 0.959 bits per heavy atom. The molecule has 5 amide bonds. The van der Waals surface area contributed by atoms with Crippen molar-refractivity contribution in [3.63, 3.8) is 0 Å². The molecule has 258 valence electrons. The van der Waals surface area contributed by atoms with E-state index < -0.39 is 35.8 Å². The Labute approximate surface area is 283 Å². The Balaban J connectivity index is 1.02. The first-order valence-corrected chi connectivity index (χ1v) is 16.2. The molecule has 3 aromatic rings. The van der Waals surface area contributed by atoms with Gasteiger partial charge in [-0.15, -0.1) is 0 Å². The van der Waals surface area contributed by atoms with E-state index in [0.29, 0.717) is 67.3 Å². The number of anilines is 1. The molecule has 4 N–H and O–H groups in total. The van der Waals surface area contributed by atoms with Gasteiger partial charge in [0.05, 0.1) is 31.5 Å².